The Morgan fingerprint density at radius 3 is 2.53 bits per heavy atom. The first kappa shape index (κ1) is 10.4. The van der Waals surface area contributed by atoms with Crippen molar-refractivity contribution in [2.45, 2.75) is 0 Å². The quantitative estimate of drug-likeness (QED) is 0.819. The van der Waals surface area contributed by atoms with E-state index in [2.05, 4.69) is 25.9 Å². The zero-order chi connectivity index (χ0) is 10.8. The summed E-state index contributed by atoms with van der Waals surface area (Å²) >= 11 is 8.84. The number of aromatic amines is 1. The Bertz CT molecular complexity index is 539. The zero-order valence-electron chi connectivity index (χ0n) is 7.50. The van der Waals surface area contributed by atoms with Crippen LogP contribution in [0.15, 0.2) is 39.6 Å². The van der Waals surface area contributed by atoms with E-state index in [1.54, 1.807) is 0 Å². The van der Waals surface area contributed by atoms with E-state index in [9.17, 15) is 4.79 Å². The number of nitrogens with one attached hydrogen (secondary N) is 1. The highest BCUT2D eigenvalue weighted by Gasteiger charge is 2.07. The van der Waals surface area contributed by atoms with Crippen molar-refractivity contribution in [3.63, 3.8) is 0 Å². The molecule has 0 amide bonds. The van der Waals surface area contributed by atoms with E-state index in [1.807, 2.05) is 30.3 Å². The molecule has 2 rings (SSSR count). The number of nitrogens with zero attached hydrogens (tertiary/aromatic N) is 1. The van der Waals surface area contributed by atoms with Gasteiger partial charge in [0.2, 0.25) is 0 Å². The second kappa shape index (κ2) is 4.16. The Hall–Kier alpha value is -1.13. The maximum Gasteiger partial charge on any atom is 0.267 e. The zero-order valence-corrected chi connectivity index (χ0v) is 9.84. The van der Waals surface area contributed by atoms with Gasteiger partial charge >= 0.3 is 0 Å². The fourth-order valence-electron chi connectivity index (χ4n) is 1.16. The van der Waals surface area contributed by atoms with Gasteiger partial charge < -0.3 is 4.98 Å². The Morgan fingerprint density at radius 1 is 1.27 bits per heavy atom. The number of hydrogen-bond donors (Lipinski definition) is 1. The minimum atomic E-state index is -0.283. The van der Waals surface area contributed by atoms with Gasteiger partial charge in [-0.1, -0.05) is 41.9 Å². The Labute approximate surface area is 99.3 Å². The first-order valence-electron chi connectivity index (χ1n) is 4.19. The highest BCUT2D eigenvalue weighted by molar-refractivity contribution is 9.10. The topological polar surface area (TPSA) is 45.8 Å². The average Bonchev–Trinajstić information content (AvgIpc) is 2.26. The van der Waals surface area contributed by atoms with Crippen LogP contribution in [0.4, 0.5) is 0 Å². The van der Waals surface area contributed by atoms with E-state index in [0.717, 1.165) is 5.56 Å². The molecule has 0 unspecified atom stereocenters. The van der Waals surface area contributed by atoms with E-state index in [4.69, 9.17) is 11.6 Å². The molecule has 0 bridgehead atoms. The first-order valence-corrected chi connectivity index (χ1v) is 5.36. The summed E-state index contributed by atoms with van der Waals surface area (Å²) in [6.07, 6.45) is 0. The van der Waals surface area contributed by atoms with Crippen molar-refractivity contribution in [3.8, 4) is 11.4 Å². The molecule has 0 aliphatic rings. The number of aromatic nitrogens is 2. The fraction of sp³-hybridized carbons (Fsp3) is 0. The molecule has 0 radical (unpaired) electrons. The number of benzene rings is 1. The molecule has 1 aromatic heterocycles. The molecule has 0 saturated carbocycles. The molecule has 5 heteroatoms. The van der Waals surface area contributed by atoms with Crippen LogP contribution >= 0.6 is 27.5 Å². The monoisotopic (exact) mass is 284 g/mol. The highest BCUT2D eigenvalue weighted by Crippen LogP contribution is 2.19. The predicted molar refractivity (Wildman–Crippen MR) is 63.0 cm³/mol. The molecule has 2 aromatic rings. The van der Waals surface area contributed by atoms with Crippen LogP contribution in [-0.4, -0.2) is 9.97 Å². The summed E-state index contributed by atoms with van der Waals surface area (Å²) in [5.74, 6) is 0.466. The molecule has 0 atom stereocenters. The predicted octanol–water partition coefficient (Wildman–Crippen LogP) is 2.85. The lowest BCUT2D eigenvalue weighted by molar-refractivity contribution is 1.11. The van der Waals surface area contributed by atoms with Gasteiger partial charge in [-0.2, -0.15) is 0 Å². The lowest BCUT2D eigenvalue weighted by atomic mass is 10.2. The molecule has 15 heavy (non-hydrogen) atoms. The van der Waals surface area contributed by atoms with Gasteiger partial charge in [0, 0.05) is 5.56 Å². The SMILES string of the molecule is O=c1[nH]c(-c2ccccc2)nc(Cl)c1Br. The third kappa shape index (κ3) is 2.11. The third-order valence-electron chi connectivity index (χ3n) is 1.87. The van der Waals surface area contributed by atoms with Gasteiger partial charge in [0.1, 0.15) is 10.3 Å². The summed E-state index contributed by atoms with van der Waals surface area (Å²) in [5, 5.41) is 0.164. The molecule has 1 aromatic carbocycles. The number of H-pyrrole nitrogens is 1. The number of halogens is 2. The van der Waals surface area contributed by atoms with Crippen LogP contribution in [0.5, 0.6) is 0 Å². The molecular weight excluding hydrogens is 279 g/mol. The number of rotatable bonds is 1. The van der Waals surface area contributed by atoms with Crippen molar-refractivity contribution >= 4 is 27.5 Å². The number of hydrogen-bond acceptors (Lipinski definition) is 2. The summed E-state index contributed by atoms with van der Waals surface area (Å²) < 4.78 is 0.254. The molecule has 76 valence electrons. The van der Waals surface area contributed by atoms with E-state index in [1.165, 1.54) is 0 Å². The van der Waals surface area contributed by atoms with Crippen molar-refractivity contribution in [1.29, 1.82) is 0 Å². The van der Waals surface area contributed by atoms with Gasteiger partial charge in [-0.15, -0.1) is 0 Å². The molecule has 0 aliphatic heterocycles. The summed E-state index contributed by atoms with van der Waals surface area (Å²) in [4.78, 5) is 18.1. The maximum atomic E-state index is 11.4. The minimum absolute atomic E-state index is 0.164. The van der Waals surface area contributed by atoms with Crippen molar-refractivity contribution in [3.05, 3.63) is 50.3 Å². The Morgan fingerprint density at radius 2 is 1.93 bits per heavy atom. The molecule has 0 aliphatic carbocycles. The first-order chi connectivity index (χ1) is 7.18. The van der Waals surface area contributed by atoms with Crippen LogP contribution < -0.4 is 5.56 Å². The normalized spacial score (nSPS) is 10.3. The molecular formula is C10H6BrClN2O. The molecule has 3 nitrogen and oxygen atoms in total. The van der Waals surface area contributed by atoms with Gasteiger partial charge in [0.15, 0.2) is 5.15 Å². The van der Waals surface area contributed by atoms with E-state index in [-0.39, 0.29) is 15.2 Å². The van der Waals surface area contributed by atoms with E-state index in [0.29, 0.717) is 5.82 Å². The summed E-state index contributed by atoms with van der Waals surface area (Å²) in [6.45, 7) is 0. The van der Waals surface area contributed by atoms with Gasteiger partial charge in [0.25, 0.3) is 5.56 Å². The van der Waals surface area contributed by atoms with Crippen molar-refractivity contribution < 1.29 is 0 Å². The van der Waals surface area contributed by atoms with Crippen molar-refractivity contribution in [1.82, 2.24) is 9.97 Å². The molecule has 1 heterocycles. The fourth-order valence-corrected chi connectivity index (χ4v) is 1.52. The molecule has 0 saturated heterocycles. The van der Waals surface area contributed by atoms with Gasteiger partial charge in [0.05, 0.1) is 0 Å². The van der Waals surface area contributed by atoms with Crippen molar-refractivity contribution in [2.24, 2.45) is 0 Å². The van der Waals surface area contributed by atoms with Gasteiger partial charge in [-0.05, 0) is 15.9 Å². The third-order valence-corrected chi connectivity index (χ3v) is 3.11. The van der Waals surface area contributed by atoms with Crippen LogP contribution in [0.3, 0.4) is 0 Å². The molecule has 1 N–H and O–H groups in total. The van der Waals surface area contributed by atoms with E-state index < -0.39 is 0 Å². The average molecular weight is 286 g/mol. The van der Waals surface area contributed by atoms with Gasteiger partial charge in [-0.25, -0.2) is 4.98 Å². The lowest BCUT2D eigenvalue weighted by Gasteiger charge is -2.01. The van der Waals surface area contributed by atoms with Gasteiger partial charge in [-0.3, -0.25) is 4.79 Å². The standard InChI is InChI=1S/C10H6BrClN2O/c11-7-8(12)13-9(14-10(7)15)6-4-2-1-3-5-6/h1-5H,(H,13,14,15). The second-order valence-electron chi connectivity index (χ2n) is 2.89. The van der Waals surface area contributed by atoms with Crippen LogP contribution in [0.1, 0.15) is 0 Å². The molecule has 0 fully saturated rings. The Balaban J connectivity index is 2.61. The lowest BCUT2D eigenvalue weighted by Crippen LogP contribution is -2.10. The van der Waals surface area contributed by atoms with Crippen molar-refractivity contribution in [2.75, 3.05) is 0 Å². The Kier molecular flexibility index (Phi) is 2.88. The summed E-state index contributed by atoms with van der Waals surface area (Å²) in [7, 11) is 0. The van der Waals surface area contributed by atoms with Crippen LogP contribution in [0.2, 0.25) is 5.15 Å². The van der Waals surface area contributed by atoms with Crippen LogP contribution in [-0.2, 0) is 0 Å². The summed E-state index contributed by atoms with van der Waals surface area (Å²) in [5.41, 5.74) is 0.540. The van der Waals surface area contributed by atoms with Crippen LogP contribution in [0, 0.1) is 0 Å². The largest absolute Gasteiger partial charge is 0.305 e. The second-order valence-corrected chi connectivity index (χ2v) is 4.04. The minimum Gasteiger partial charge on any atom is -0.305 e. The summed E-state index contributed by atoms with van der Waals surface area (Å²) in [6, 6.07) is 9.32. The van der Waals surface area contributed by atoms with Crippen LogP contribution in [0.25, 0.3) is 11.4 Å². The van der Waals surface area contributed by atoms with E-state index >= 15 is 0 Å². The molecule has 0 spiro atoms. The highest BCUT2D eigenvalue weighted by atomic mass is 79.9. The maximum absolute atomic E-state index is 11.4. The smallest absolute Gasteiger partial charge is 0.267 e.